The molecule has 1 aromatic rings. The maximum absolute atomic E-state index is 12.5. The molecule has 3 rings (SSSR count). The lowest BCUT2D eigenvalue weighted by molar-refractivity contribution is 0.0462. The van der Waals surface area contributed by atoms with E-state index in [0.29, 0.717) is 6.42 Å². The van der Waals surface area contributed by atoms with E-state index < -0.39 is 0 Å². The Hall–Kier alpha value is -1.57. The Morgan fingerprint density at radius 1 is 1.17 bits per heavy atom. The topological polar surface area (TPSA) is 26.3 Å². The van der Waals surface area contributed by atoms with Crippen LogP contribution in [0.15, 0.2) is 35.4 Å². The Kier molecular flexibility index (Phi) is 4.12. The van der Waals surface area contributed by atoms with Crippen LogP contribution in [0.1, 0.15) is 76.6 Å². The molecule has 0 radical (unpaired) electrons. The molecular formula is C21H28O2. The summed E-state index contributed by atoms with van der Waals surface area (Å²) in [5.74, 6) is 0.961. The Morgan fingerprint density at radius 2 is 1.91 bits per heavy atom. The van der Waals surface area contributed by atoms with Crippen molar-refractivity contribution in [2.75, 3.05) is 0 Å². The number of para-hydroxylation sites is 1. The zero-order valence-corrected chi connectivity index (χ0v) is 14.9. The monoisotopic (exact) mass is 312 g/mol. The van der Waals surface area contributed by atoms with E-state index in [2.05, 4.69) is 27.7 Å². The first-order valence-corrected chi connectivity index (χ1v) is 8.81. The molecule has 0 spiro atoms. The number of benzene rings is 1. The minimum Gasteiger partial charge on any atom is -0.486 e. The molecule has 0 bridgehead atoms. The smallest absolute Gasteiger partial charge is 0.170 e. The Labute approximate surface area is 139 Å². The molecule has 0 aromatic heterocycles. The van der Waals surface area contributed by atoms with Crippen LogP contribution in [0, 0.1) is 5.41 Å². The predicted molar refractivity (Wildman–Crippen MR) is 94.0 cm³/mol. The van der Waals surface area contributed by atoms with Crippen molar-refractivity contribution in [3.8, 4) is 5.75 Å². The summed E-state index contributed by atoms with van der Waals surface area (Å²) in [6.07, 6.45) is 6.20. The van der Waals surface area contributed by atoms with Crippen LogP contribution in [0.4, 0.5) is 0 Å². The molecule has 0 N–H and O–H groups in total. The van der Waals surface area contributed by atoms with Gasteiger partial charge in [-0.1, -0.05) is 37.1 Å². The minimum atomic E-state index is -0.383. The number of carbonyl (C=O) groups excluding carboxylic acids is 1. The number of rotatable bonds is 3. The standard InChI is InChI=1S/C21H28O2/c1-15-8-7-12-20(2,3)17(15)11-13-21(4)14-18(22)16-9-5-6-10-19(16)23-21/h5-6,9-10H,7-8,11-14H2,1-4H3. The lowest BCUT2D eigenvalue weighted by Gasteiger charge is -2.39. The molecule has 2 aliphatic rings. The molecule has 23 heavy (non-hydrogen) atoms. The van der Waals surface area contributed by atoms with Crippen LogP contribution in [0.2, 0.25) is 0 Å². The van der Waals surface area contributed by atoms with Crippen LogP contribution in [-0.2, 0) is 0 Å². The molecular weight excluding hydrogens is 284 g/mol. The molecule has 1 aliphatic heterocycles. The van der Waals surface area contributed by atoms with E-state index in [4.69, 9.17) is 4.74 Å². The van der Waals surface area contributed by atoms with Gasteiger partial charge in [-0.15, -0.1) is 0 Å². The highest BCUT2D eigenvalue weighted by Gasteiger charge is 2.37. The van der Waals surface area contributed by atoms with Gasteiger partial charge in [-0.2, -0.15) is 0 Å². The van der Waals surface area contributed by atoms with Crippen LogP contribution in [0.3, 0.4) is 0 Å². The number of hydrogen-bond acceptors (Lipinski definition) is 2. The molecule has 124 valence electrons. The van der Waals surface area contributed by atoms with E-state index in [1.54, 1.807) is 11.1 Å². The number of carbonyl (C=O) groups is 1. The maximum atomic E-state index is 12.5. The van der Waals surface area contributed by atoms with Gasteiger partial charge in [0.1, 0.15) is 11.4 Å². The van der Waals surface area contributed by atoms with E-state index >= 15 is 0 Å². The van der Waals surface area contributed by atoms with Crippen molar-refractivity contribution in [1.29, 1.82) is 0 Å². The summed E-state index contributed by atoms with van der Waals surface area (Å²) < 4.78 is 6.24. The van der Waals surface area contributed by atoms with E-state index in [1.807, 2.05) is 24.3 Å². The van der Waals surface area contributed by atoms with E-state index in [-0.39, 0.29) is 16.8 Å². The average Bonchev–Trinajstić information content (AvgIpc) is 2.45. The predicted octanol–water partition coefficient (Wildman–Crippen LogP) is 5.72. The van der Waals surface area contributed by atoms with E-state index in [9.17, 15) is 4.79 Å². The van der Waals surface area contributed by atoms with Crippen LogP contribution in [-0.4, -0.2) is 11.4 Å². The van der Waals surface area contributed by atoms with Gasteiger partial charge in [-0.05, 0) is 63.5 Å². The third-order valence-electron chi connectivity index (χ3n) is 5.67. The number of allylic oxidation sites excluding steroid dienone is 2. The fourth-order valence-corrected chi connectivity index (χ4v) is 4.28. The SMILES string of the molecule is CC1=C(CCC2(C)CC(=O)c3ccccc3O2)C(C)(C)CCC1. The van der Waals surface area contributed by atoms with Gasteiger partial charge < -0.3 is 4.74 Å². The van der Waals surface area contributed by atoms with Gasteiger partial charge in [0.2, 0.25) is 0 Å². The molecule has 0 saturated heterocycles. The van der Waals surface area contributed by atoms with Crippen LogP contribution in [0.5, 0.6) is 5.75 Å². The number of hydrogen-bond donors (Lipinski definition) is 0. The summed E-state index contributed by atoms with van der Waals surface area (Å²) in [5.41, 5.74) is 3.77. The van der Waals surface area contributed by atoms with Gasteiger partial charge in [0.05, 0.1) is 12.0 Å². The Balaban J connectivity index is 1.77. The van der Waals surface area contributed by atoms with Crippen LogP contribution < -0.4 is 4.74 Å². The lowest BCUT2D eigenvalue weighted by Crippen LogP contribution is -2.39. The second-order valence-corrected chi connectivity index (χ2v) is 8.14. The van der Waals surface area contributed by atoms with Crippen molar-refractivity contribution < 1.29 is 9.53 Å². The van der Waals surface area contributed by atoms with Gasteiger partial charge in [-0.25, -0.2) is 0 Å². The molecule has 0 amide bonds. The highest BCUT2D eigenvalue weighted by atomic mass is 16.5. The molecule has 1 aliphatic carbocycles. The third kappa shape index (κ3) is 3.22. The lowest BCUT2D eigenvalue weighted by atomic mass is 9.70. The molecule has 2 heteroatoms. The molecule has 1 atom stereocenters. The normalized spacial score (nSPS) is 26.7. The zero-order valence-electron chi connectivity index (χ0n) is 14.9. The van der Waals surface area contributed by atoms with E-state index in [1.165, 1.54) is 19.3 Å². The van der Waals surface area contributed by atoms with Crippen LogP contribution in [0.25, 0.3) is 0 Å². The quantitative estimate of drug-likeness (QED) is 0.667. The molecule has 0 saturated carbocycles. The van der Waals surface area contributed by atoms with Crippen molar-refractivity contribution >= 4 is 5.78 Å². The van der Waals surface area contributed by atoms with E-state index in [0.717, 1.165) is 24.2 Å². The summed E-state index contributed by atoms with van der Waals surface area (Å²) in [4.78, 5) is 12.5. The largest absolute Gasteiger partial charge is 0.486 e. The summed E-state index contributed by atoms with van der Waals surface area (Å²) in [6.45, 7) is 9.08. The van der Waals surface area contributed by atoms with Gasteiger partial charge in [0.25, 0.3) is 0 Å². The van der Waals surface area contributed by atoms with Crippen LogP contribution >= 0.6 is 0 Å². The summed E-state index contributed by atoms with van der Waals surface area (Å²) in [5, 5.41) is 0. The van der Waals surface area contributed by atoms with Crippen molar-refractivity contribution in [3.05, 3.63) is 41.0 Å². The third-order valence-corrected chi connectivity index (χ3v) is 5.67. The Morgan fingerprint density at radius 3 is 2.65 bits per heavy atom. The number of Topliss-reactive ketones (excluding diaryl/α,β-unsaturated/α-hetero) is 1. The fourth-order valence-electron chi connectivity index (χ4n) is 4.28. The van der Waals surface area contributed by atoms with Gasteiger partial charge in [0, 0.05) is 0 Å². The Bertz CT molecular complexity index is 654. The summed E-state index contributed by atoms with van der Waals surface area (Å²) in [6, 6.07) is 7.63. The molecule has 1 heterocycles. The first-order valence-electron chi connectivity index (χ1n) is 8.81. The molecule has 0 fully saturated rings. The highest BCUT2D eigenvalue weighted by Crippen LogP contribution is 2.44. The van der Waals surface area contributed by atoms with Crippen molar-refractivity contribution in [2.45, 2.75) is 71.8 Å². The molecule has 1 unspecified atom stereocenters. The van der Waals surface area contributed by atoms with Crippen molar-refractivity contribution in [3.63, 3.8) is 0 Å². The summed E-state index contributed by atoms with van der Waals surface area (Å²) in [7, 11) is 0. The first-order chi connectivity index (χ1) is 10.8. The summed E-state index contributed by atoms with van der Waals surface area (Å²) >= 11 is 0. The van der Waals surface area contributed by atoms with Gasteiger partial charge in [-0.3, -0.25) is 4.79 Å². The number of fused-ring (bicyclic) bond motifs is 1. The highest BCUT2D eigenvalue weighted by molar-refractivity contribution is 6.00. The number of ether oxygens (including phenoxy) is 1. The average molecular weight is 312 g/mol. The first kappa shape index (κ1) is 16.3. The zero-order chi connectivity index (χ0) is 16.7. The maximum Gasteiger partial charge on any atom is 0.170 e. The molecule has 2 nitrogen and oxygen atoms in total. The number of ketones is 1. The second kappa shape index (κ2) is 5.81. The van der Waals surface area contributed by atoms with Crippen molar-refractivity contribution in [1.82, 2.24) is 0 Å². The second-order valence-electron chi connectivity index (χ2n) is 8.14. The van der Waals surface area contributed by atoms with Crippen molar-refractivity contribution in [2.24, 2.45) is 5.41 Å². The fraction of sp³-hybridized carbons (Fsp3) is 0.571. The van der Waals surface area contributed by atoms with Gasteiger partial charge >= 0.3 is 0 Å². The minimum absolute atomic E-state index is 0.211. The molecule has 1 aromatic carbocycles. The van der Waals surface area contributed by atoms with Gasteiger partial charge in [0.15, 0.2) is 5.78 Å².